The minimum Gasteiger partial charge on any atom is -0.280 e. The number of benzene rings is 2. The van der Waals surface area contributed by atoms with Gasteiger partial charge >= 0.3 is 0 Å². The normalized spacial score (nSPS) is 15.1. The maximum atomic E-state index is 13.7. The largest absolute Gasteiger partial charge is 0.280 e. The fraction of sp³-hybridized carbons (Fsp3) is 0.200. The molecular weight excluding hydrogens is 374 g/mol. The number of anilines is 1. The molecule has 2 N–H and O–H groups in total. The zero-order chi connectivity index (χ0) is 18.2. The van der Waals surface area contributed by atoms with Gasteiger partial charge in [0.1, 0.15) is 4.90 Å². The first kappa shape index (κ1) is 17.8. The molecular formula is C15H14F2N2O4S2. The van der Waals surface area contributed by atoms with Gasteiger partial charge in [-0.15, -0.1) is 0 Å². The Balaban J connectivity index is 1.82. The minimum absolute atomic E-state index is 0.0146. The number of halogens is 2. The second-order valence-electron chi connectivity index (χ2n) is 5.58. The van der Waals surface area contributed by atoms with Crippen LogP contribution >= 0.6 is 0 Å². The van der Waals surface area contributed by atoms with Crippen molar-refractivity contribution in [3.05, 3.63) is 54.1 Å². The highest BCUT2D eigenvalue weighted by atomic mass is 32.2. The quantitative estimate of drug-likeness (QED) is 0.794. The summed E-state index contributed by atoms with van der Waals surface area (Å²) in [6.07, 6.45) is 1.58. The van der Waals surface area contributed by atoms with Gasteiger partial charge in [0.25, 0.3) is 10.0 Å². The summed E-state index contributed by atoms with van der Waals surface area (Å²) in [6.45, 7) is 0. The van der Waals surface area contributed by atoms with Gasteiger partial charge in [0.15, 0.2) is 11.6 Å². The Hall–Kier alpha value is -2.04. The highest BCUT2D eigenvalue weighted by Gasteiger charge is 2.28. The molecule has 1 aliphatic carbocycles. The topological polar surface area (TPSA) is 92.3 Å². The predicted octanol–water partition coefficient (Wildman–Crippen LogP) is 2.21. The van der Waals surface area contributed by atoms with Crippen LogP contribution in [0.15, 0.2) is 52.3 Å². The molecule has 2 aromatic rings. The van der Waals surface area contributed by atoms with Crippen molar-refractivity contribution in [2.75, 3.05) is 4.72 Å². The molecule has 25 heavy (non-hydrogen) atoms. The van der Waals surface area contributed by atoms with Crippen molar-refractivity contribution in [2.24, 2.45) is 0 Å². The number of nitrogens with one attached hydrogen (secondary N) is 2. The Bertz CT molecular complexity index is 1000. The summed E-state index contributed by atoms with van der Waals surface area (Å²) in [5.41, 5.74) is 0.0223. The molecule has 0 aromatic heterocycles. The Morgan fingerprint density at radius 1 is 0.880 bits per heavy atom. The third-order valence-corrected chi connectivity index (χ3v) is 6.46. The van der Waals surface area contributed by atoms with Crippen molar-refractivity contribution < 1.29 is 25.6 Å². The molecule has 3 rings (SSSR count). The lowest BCUT2D eigenvalue weighted by Gasteiger charge is -2.10. The summed E-state index contributed by atoms with van der Waals surface area (Å²) in [7, 11) is -8.01. The standard InChI is InChI=1S/C15H14F2N2O4S2/c16-13-2-1-3-14(15(13)17)25(22,23)19-11-6-8-12(9-7-11)24(20,21)18-10-4-5-10/h1-3,6-10,18-19H,4-5H2. The summed E-state index contributed by atoms with van der Waals surface area (Å²) in [6, 6.07) is 7.67. The molecule has 0 heterocycles. The van der Waals surface area contributed by atoms with Crippen molar-refractivity contribution in [3.8, 4) is 0 Å². The molecule has 1 saturated carbocycles. The average molecular weight is 388 g/mol. The van der Waals surface area contributed by atoms with Crippen LogP contribution in [-0.4, -0.2) is 22.9 Å². The molecule has 6 nitrogen and oxygen atoms in total. The molecule has 134 valence electrons. The van der Waals surface area contributed by atoms with Gasteiger partial charge in [-0.1, -0.05) is 6.07 Å². The predicted molar refractivity (Wildman–Crippen MR) is 87.0 cm³/mol. The first-order chi connectivity index (χ1) is 11.7. The van der Waals surface area contributed by atoms with Gasteiger partial charge in [-0.3, -0.25) is 4.72 Å². The third kappa shape index (κ3) is 3.97. The van der Waals surface area contributed by atoms with Crippen molar-refractivity contribution in [2.45, 2.75) is 28.7 Å². The van der Waals surface area contributed by atoms with Crippen LogP contribution in [0.1, 0.15) is 12.8 Å². The van der Waals surface area contributed by atoms with Crippen LogP contribution in [-0.2, 0) is 20.0 Å². The Morgan fingerprint density at radius 2 is 1.52 bits per heavy atom. The molecule has 0 amide bonds. The number of hydrogen-bond donors (Lipinski definition) is 2. The molecule has 0 saturated heterocycles. The Kier molecular flexibility index (Phi) is 4.52. The molecule has 1 fully saturated rings. The lowest BCUT2D eigenvalue weighted by Crippen LogP contribution is -2.25. The molecule has 10 heteroatoms. The van der Waals surface area contributed by atoms with Gasteiger partial charge < -0.3 is 0 Å². The highest BCUT2D eigenvalue weighted by molar-refractivity contribution is 7.92. The molecule has 0 bridgehead atoms. The van der Waals surface area contributed by atoms with Crippen LogP contribution in [0.3, 0.4) is 0 Å². The van der Waals surface area contributed by atoms with E-state index in [-0.39, 0.29) is 16.6 Å². The molecule has 0 atom stereocenters. The van der Waals surface area contributed by atoms with Crippen LogP contribution in [0.25, 0.3) is 0 Å². The zero-order valence-corrected chi connectivity index (χ0v) is 14.4. The van der Waals surface area contributed by atoms with Crippen LogP contribution in [0.2, 0.25) is 0 Å². The van der Waals surface area contributed by atoms with Crippen LogP contribution in [0.4, 0.5) is 14.5 Å². The highest BCUT2D eigenvalue weighted by Crippen LogP contribution is 2.24. The number of rotatable bonds is 6. The molecule has 0 unspecified atom stereocenters. The van der Waals surface area contributed by atoms with E-state index in [1.54, 1.807) is 0 Å². The molecule has 2 aromatic carbocycles. The van der Waals surface area contributed by atoms with Gasteiger partial charge in [-0.05, 0) is 49.2 Å². The van der Waals surface area contributed by atoms with Gasteiger partial charge in [-0.25, -0.2) is 30.3 Å². The van der Waals surface area contributed by atoms with Crippen molar-refractivity contribution in [1.29, 1.82) is 0 Å². The second-order valence-corrected chi connectivity index (χ2v) is 8.94. The SMILES string of the molecule is O=S(=O)(NC1CC1)c1ccc(NS(=O)(=O)c2cccc(F)c2F)cc1. The maximum Gasteiger partial charge on any atom is 0.264 e. The first-order valence-corrected chi connectivity index (χ1v) is 10.2. The summed E-state index contributed by atoms with van der Waals surface area (Å²) < 4.78 is 79.9. The van der Waals surface area contributed by atoms with Gasteiger partial charge in [0.05, 0.1) is 4.90 Å². The van der Waals surface area contributed by atoms with Crippen LogP contribution < -0.4 is 9.44 Å². The van der Waals surface area contributed by atoms with Gasteiger partial charge in [0.2, 0.25) is 10.0 Å². The first-order valence-electron chi connectivity index (χ1n) is 7.28. The van der Waals surface area contributed by atoms with E-state index in [4.69, 9.17) is 0 Å². The minimum atomic E-state index is -4.35. The lowest BCUT2D eigenvalue weighted by molar-refractivity contribution is 0.485. The lowest BCUT2D eigenvalue weighted by atomic mass is 10.3. The molecule has 0 aliphatic heterocycles. The summed E-state index contributed by atoms with van der Waals surface area (Å²) in [4.78, 5) is -0.848. The monoisotopic (exact) mass is 388 g/mol. The molecule has 1 aliphatic rings. The number of hydrogen-bond acceptors (Lipinski definition) is 4. The molecule has 0 radical (unpaired) electrons. The second kappa shape index (κ2) is 6.36. The fourth-order valence-corrected chi connectivity index (χ4v) is 4.54. The Morgan fingerprint density at radius 3 is 2.12 bits per heavy atom. The Labute approximate surface area is 144 Å². The molecule has 0 spiro atoms. The summed E-state index contributed by atoms with van der Waals surface area (Å²) in [5, 5.41) is 0. The van der Waals surface area contributed by atoms with Crippen LogP contribution in [0.5, 0.6) is 0 Å². The van der Waals surface area contributed by atoms with E-state index in [1.807, 2.05) is 0 Å². The van der Waals surface area contributed by atoms with E-state index >= 15 is 0 Å². The summed E-state index contributed by atoms with van der Waals surface area (Å²) in [5.74, 6) is -2.77. The van der Waals surface area contributed by atoms with Crippen molar-refractivity contribution >= 4 is 25.7 Å². The van der Waals surface area contributed by atoms with Crippen molar-refractivity contribution in [3.63, 3.8) is 0 Å². The van der Waals surface area contributed by atoms with E-state index in [0.717, 1.165) is 31.0 Å². The van der Waals surface area contributed by atoms with E-state index in [1.165, 1.54) is 24.3 Å². The number of sulfonamides is 2. The van der Waals surface area contributed by atoms with E-state index in [2.05, 4.69) is 9.44 Å². The average Bonchev–Trinajstić information content (AvgIpc) is 3.33. The summed E-state index contributed by atoms with van der Waals surface area (Å²) >= 11 is 0. The smallest absolute Gasteiger partial charge is 0.264 e. The maximum absolute atomic E-state index is 13.7. The van der Waals surface area contributed by atoms with E-state index in [0.29, 0.717) is 0 Å². The van der Waals surface area contributed by atoms with Crippen LogP contribution in [0, 0.1) is 11.6 Å². The van der Waals surface area contributed by atoms with Gasteiger partial charge in [-0.2, -0.15) is 0 Å². The zero-order valence-electron chi connectivity index (χ0n) is 12.7. The van der Waals surface area contributed by atoms with Crippen molar-refractivity contribution in [1.82, 2.24) is 4.72 Å². The fourth-order valence-electron chi connectivity index (χ4n) is 2.09. The third-order valence-electron chi connectivity index (χ3n) is 3.52. The van der Waals surface area contributed by atoms with E-state index < -0.39 is 36.6 Å². The van der Waals surface area contributed by atoms with Gasteiger partial charge in [0, 0.05) is 11.7 Å². The van der Waals surface area contributed by atoms with E-state index in [9.17, 15) is 25.6 Å².